The first kappa shape index (κ1) is 21.9. The third kappa shape index (κ3) is 3.95. The Hall–Kier alpha value is -3.97. The van der Waals surface area contributed by atoms with Crippen molar-refractivity contribution in [2.24, 2.45) is 11.1 Å². The summed E-state index contributed by atoms with van der Waals surface area (Å²) in [5.74, 6) is -0.752. The van der Waals surface area contributed by atoms with Crippen molar-refractivity contribution in [1.29, 1.82) is 0 Å². The molecule has 1 saturated carbocycles. The van der Waals surface area contributed by atoms with Gasteiger partial charge in [0.25, 0.3) is 0 Å². The Bertz CT molecular complexity index is 1410. The van der Waals surface area contributed by atoms with E-state index in [9.17, 15) is 14.0 Å². The summed E-state index contributed by atoms with van der Waals surface area (Å²) in [5.41, 5.74) is 6.20. The zero-order chi connectivity index (χ0) is 23.9. The number of nitrogens with two attached hydrogens (primary N) is 1. The minimum atomic E-state index is -1.35. The van der Waals surface area contributed by atoms with E-state index in [-0.39, 0.29) is 5.92 Å². The van der Waals surface area contributed by atoms with Crippen LogP contribution in [0.3, 0.4) is 0 Å². The first-order chi connectivity index (χ1) is 16.4. The fraction of sp³-hybridized carbons (Fsp3) is 0.115. The maximum Gasteiger partial charge on any atom is 0.240 e. The van der Waals surface area contributed by atoms with Crippen LogP contribution in [0.4, 0.5) is 10.1 Å². The first-order valence-corrected chi connectivity index (χ1v) is 10.9. The van der Waals surface area contributed by atoms with Gasteiger partial charge in [-0.1, -0.05) is 23.7 Å². The fourth-order valence-electron chi connectivity index (χ4n) is 4.16. The van der Waals surface area contributed by atoms with Gasteiger partial charge in [-0.3, -0.25) is 14.6 Å². The Morgan fingerprint density at radius 3 is 2.50 bits per heavy atom. The quantitative estimate of drug-likeness (QED) is 0.364. The molecule has 1 aliphatic rings. The van der Waals surface area contributed by atoms with Crippen LogP contribution in [0.25, 0.3) is 10.9 Å². The topological polar surface area (TPSA) is 94.3 Å². The summed E-state index contributed by atoms with van der Waals surface area (Å²) in [6.07, 6.45) is 1.94. The van der Waals surface area contributed by atoms with E-state index in [1.165, 1.54) is 24.3 Å². The second-order valence-corrected chi connectivity index (χ2v) is 8.63. The highest BCUT2D eigenvalue weighted by Crippen LogP contribution is 2.60. The summed E-state index contributed by atoms with van der Waals surface area (Å²) < 4.78 is 19.2. The Kier molecular flexibility index (Phi) is 5.42. The van der Waals surface area contributed by atoms with E-state index in [4.69, 9.17) is 22.1 Å². The van der Waals surface area contributed by atoms with Crippen LogP contribution in [-0.2, 0) is 9.59 Å². The molecular weight excluding hydrogens is 457 g/mol. The van der Waals surface area contributed by atoms with Crippen LogP contribution in [0.15, 0.2) is 79.0 Å². The van der Waals surface area contributed by atoms with Crippen molar-refractivity contribution in [1.82, 2.24) is 4.98 Å². The number of pyridine rings is 1. The van der Waals surface area contributed by atoms with E-state index < -0.39 is 23.0 Å². The number of amides is 2. The molecule has 3 N–H and O–H groups in total. The number of fused-ring (bicyclic) bond motifs is 1. The summed E-state index contributed by atoms with van der Waals surface area (Å²) in [6.45, 7) is 0. The number of anilines is 1. The van der Waals surface area contributed by atoms with Gasteiger partial charge in [-0.05, 0) is 72.6 Å². The van der Waals surface area contributed by atoms with Gasteiger partial charge >= 0.3 is 0 Å². The predicted molar refractivity (Wildman–Crippen MR) is 127 cm³/mol. The van der Waals surface area contributed by atoms with E-state index in [1.54, 1.807) is 36.5 Å². The molecule has 6 nitrogen and oxygen atoms in total. The zero-order valence-corrected chi connectivity index (χ0v) is 18.6. The summed E-state index contributed by atoms with van der Waals surface area (Å²) in [5, 5.41) is 4.08. The van der Waals surface area contributed by atoms with Gasteiger partial charge in [0.1, 0.15) is 22.7 Å². The zero-order valence-electron chi connectivity index (χ0n) is 17.8. The van der Waals surface area contributed by atoms with Crippen LogP contribution in [0.5, 0.6) is 11.5 Å². The number of nitrogens with zero attached hydrogens (tertiary/aromatic N) is 1. The molecule has 1 heterocycles. The molecule has 0 aliphatic heterocycles. The molecule has 2 amide bonds. The Labute approximate surface area is 199 Å². The molecule has 4 aromatic rings. The van der Waals surface area contributed by atoms with E-state index >= 15 is 0 Å². The van der Waals surface area contributed by atoms with Gasteiger partial charge in [-0.25, -0.2) is 4.39 Å². The van der Waals surface area contributed by atoms with Gasteiger partial charge in [-0.2, -0.15) is 0 Å². The number of primary amides is 1. The first-order valence-electron chi connectivity index (χ1n) is 10.6. The number of rotatable bonds is 6. The normalized spacial score (nSPS) is 18.9. The van der Waals surface area contributed by atoms with E-state index in [2.05, 4.69) is 10.3 Å². The molecule has 0 saturated heterocycles. The van der Waals surface area contributed by atoms with Gasteiger partial charge < -0.3 is 15.8 Å². The lowest BCUT2D eigenvalue weighted by molar-refractivity contribution is -0.132. The lowest BCUT2D eigenvalue weighted by Gasteiger charge is -2.15. The van der Waals surface area contributed by atoms with Gasteiger partial charge in [0.15, 0.2) is 0 Å². The Balaban J connectivity index is 1.34. The van der Waals surface area contributed by atoms with Crippen molar-refractivity contribution >= 4 is 40.0 Å². The number of nitrogens with one attached hydrogen (secondary N) is 1. The number of halogens is 2. The summed E-state index contributed by atoms with van der Waals surface area (Å²) in [6, 6.07) is 19.7. The molecule has 0 radical (unpaired) electrons. The van der Waals surface area contributed by atoms with Crippen LogP contribution < -0.4 is 15.8 Å². The summed E-state index contributed by atoms with van der Waals surface area (Å²) >= 11 is 6.05. The molecule has 8 heteroatoms. The molecular formula is C26H19ClFN3O3. The minimum absolute atomic E-state index is 0.297. The molecule has 0 bridgehead atoms. The third-order valence-corrected chi connectivity index (χ3v) is 6.32. The number of carbonyl (C=O) groups is 2. The van der Waals surface area contributed by atoms with Gasteiger partial charge in [0.2, 0.25) is 11.8 Å². The molecule has 1 fully saturated rings. The highest BCUT2D eigenvalue weighted by Gasteiger charge is 2.65. The second-order valence-electron chi connectivity index (χ2n) is 8.19. The highest BCUT2D eigenvalue weighted by atomic mass is 35.5. The molecule has 0 spiro atoms. The molecule has 2 atom stereocenters. The third-order valence-electron chi connectivity index (χ3n) is 6.08. The van der Waals surface area contributed by atoms with Crippen molar-refractivity contribution in [2.75, 3.05) is 5.32 Å². The molecule has 2 unspecified atom stereocenters. The summed E-state index contributed by atoms with van der Waals surface area (Å²) in [7, 11) is 0. The fourth-order valence-corrected chi connectivity index (χ4v) is 4.32. The maximum absolute atomic E-state index is 13.1. The lowest BCUT2D eigenvalue weighted by Crippen LogP contribution is -2.37. The molecule has 1 aromatic heterocycles. The van der Waals surface area contributed by atoms with Crippen molar-refractivity contribution in [3.63, 3.8) is 0 Å². The molecule has 1 aliphatic carbocycles. The van der Waals surface area contributed by atoms with Crippen LogP contribution in [0.2, 0.25) is 5.02 Å². The SMILES string of the molecule is NC(=O)C1(C(=O)Nc2ccc(F)cc2)CC1c1ccc(Oc2ccnc3cc(Cl)ccc23)cc1. The number of aromatic nitrogens is 1. The molecule has 5 rings (SSSR count). The number of hydrogen-bond acceptors (Lipinski definition) is 4. The number of benzene rings is 3. The average Bonchev–Trinajstić information content (AvgIpc) is 3.58. The van der Waals surface area contributed by atoms with Crippen molar-refractivity contribution in [2.45, 2.75) is 12.3 Å². The predicted octanol–water partition coefficient (Wildman–Crippen LogP) is 5.42. The molecule has 3 aromatic carbocycles. The van der Waals surface area contributed by atoms with Crippen LogP contribution in [-0.4, -0.2) is 16.8 Å². The second kappa shape index (κ2) is 8.43. The van der Waals surface area contributed by atoms with Gasteiger partial charge in [0, 0.05) is 28.2 Å². The Morgan fingerprint density at radius 1 is 1.06 bits per heavy atom. The van der Waals surface area contributed by atoms with Crippen LogP contribution in [0.1, 0.15) is 17.9 Å². The summed E-state index contributed by atoms with van der Waals surface area (Å²) in [4.78, 5) is 29.5. The monoisotopic (exact) mass is 475 g/mol. The standard InChI is InChI=1S/C26H19ClFN3O3/c27-16-3-10-20-22(13-16)30-12-11-23(20)34-19-8-1-15(2-9-19)21-14-26(21,24(29)32)25(33)31-18-6-4-17(28)5-7-18/h1-13,21H,14H2,(H2,29,32)(H,31,33). The van der Waals surface area contributed by atoms with E-state index in [1.807, 2.05) is 18.2 Å². The van der Waals surface area contributed by atoms with Gasteiger partial charge in [-0.15, -0.1) is 0 Å². The van der Waals surface area contributed by atoms with Crippen molar-refractivity contribution in [3.8, 4) is 11.5 Å². The Morgan fingerprint density at radius 2 is 1.79 bits per heavy atom. The lowest BCUT2D eigenvalue weighted by atomic mass is 9.97. The average molecular weight is 476 g/mol. The number of ether oxygens (including phenoxy) is 1. The maximum atomic E-state index is 13.1. The smallest absolute Gasteiger partial charge is 0.240 e. The number of hydrogen-bond donors (Lipinski definition) is 2. The molecule has 170 valence electrons. The highest BCUT2D eigenvalue weighted by molar-refractivity contribution is 6.31. The van der Waals surface area contributed by atoms with Gasteiger partial charge in [0.05, 0.1) is 5.52 Å². The molecule has 34 heavy (non-hydrogen) atoms. The number of carbonyl (C=O) groups excluding carboxylic acids is 2. The van der Waals surface area contributed by atoms with Crippen LogP contribution >= 0.6 is 11.6 Å². The van der Waals surface area contributed by atoms with Crippen LogP contribution in [0, 0.1) is 11.2 Å². The largest absolute Gasteiger partial charge is 0.457 e. The van der Waals surface area contributed by atoms with E-state index in [0.29, 0.717) is 28.6 Å². The van der Waals surface area contributed by atoms with Crippen molar-refractivity contribution < 1.29 is 18.7 Å². The van der Waals surface area contributed by atoms with E-state index in [0.717, 1.165) is 16.5 Å². The minimum Gasteiger partial charge on any atom is -0.457 e. The van der Waals surface area contributed by atoms with Crippen molar-refractivity contribution in [3.05, 3.63) is 95.4 Å².